The van der Waals surface area contributed by atoms with E-state index in [0.29, 0.717) is 6.54 Å². The summed E-state index contributed by atoms with van der Waals surface area (Å²) in [5.41, 5.74) is 5.59. The van der Waals surface area contributed by atoms with Crippen LogP contribution in [0.15, 0.2) is 0 Å². The van der Waals surface area contributed by atoms with E-state index in [9.17, 15) is 9.59 Å². The molecule has 25 heavy (non-hydrogen) atoms. The van der Waals surface area contributed by atoms with Crippen LogP contribution in [0.3, 0.4) is 0 Å². The van der Waals surface area contributed by atoms with Gasteiger partial charge in [-0.25, -0.2) is 4.79 Å². The van der Waals surface area contributed by atoms with Gasteiger partial charge in [-0.3, -0.25) is 4.79 Å². The van der Waals surface area contributed by atoms with Crippen molar-refractivity contribution in [3.63, 3.8) is 0 Å². The summed E-state index contributed by atoms with van der Waals surface area (Å²) < 4.78 is 5.58. The highest BCUT2D eigenvalue weighted by Crippen LogP contribution is 2.30. The molecule has 0 aromatic rings. The average molecular weight is 354 g/mol. The summed E-state index contributed by atoms with van der Waals surface area (Å²) in [4.78, 5) is 29.1. The van der Waals surface area contributed by atoms with E-state index in [0.717, 1.165) is 38.6 Å². The van der Waals surface area contributed by atoms with Crippen LogP contribution in [-0.2, 0) is 9.53 Å². The Labute approximate surface area is 152 Å². The van der Waals surface area contributed by atoms with Gasteiger partial charge in [0.15, 0.2) is 0 Å². The molecule has 6 heteroatoms. The Morgan fingerprint density at radius 1 is 1.20 bits per heavy atom. The van der Waals surface area contributed by atoms with Crippen molar-refractivity contribution < 1.29 is 14.3 Å². The number of carbonyl (C=O) groups is 2. The molecule has 144 valence electrons. The second kappa shape index (κ2) is 7.94. The number of likely N-dealkylation sites (tertiary alicyclic amines) is 1. The number of carbonyl (C=O) groups excluding carboxylic acids is 2. The van der Waals surface area contributed by atoms with E-state index in [1.807, 2.05) is 44.4 Å². The van der Waals surface area contributed by atoms with E-state index in [-0.39, 0.29) is 30.0 Å². The first-order chi connectivity index (χ1) is 11.6. The Balaban J connectivity index is 2.07. The van der Waals surface area contributed by atoms with Gasteiger partial charge in [-0.2, -0.15) is 0 Å². The van der Waals surface area contributed by atoms with Crippen LogP contribution in [0.1, 0.15) is 66.7 Å². The van der Waals surface area contributed by atoms with Crippen LogP contribution in [0.5, 0.6) is 0 Å². The second-order valence-corrected chi connectivity index (χ2v) is 8.81. The average Bonchev–Trinajstić information content (AvgIpc) is 3.34. The minimum atomic E-state index is -0.508. The SMILES string of the molecule is CC(C)C(N)C(=O)N1CCCCC1CN(C(=O)OC(C)(C)C)C1CC1. The first-order valence-corrected chi connectivity index (χ1v) is 9.66. The van der Waals surface area contributed by atoms with E-state index < -0.39 is 11.6 Å². The molecule has 0 spiro atoms. The van der Waals surface area contributed by atoms with Gasteiger partial charge in [0.05, 0.1) is 6.04 Å². The van der Waals surface area contributed by atoms with Crippen LogP contribution in [0.4, 0.5) is 4.79 Å². The number of ether oxygens (including phenoxy) is 1. The number of rotatable bonds is 5. The summed E-state index contributed by atoms with van der Waals surface area (Å²) in [7, 11) is 0. The van der Waals surface area contributed by atoms with Crippen LogP contribution < -0.4 is 5.73 Å². The van der Waals surface area contributed by atoms with Gasteiger partial charge in [0.1, 0.15) is 5.60 Å². The summed E-state index contributed by atoms with van der Waals surface area (Å²) in [5, 5.41) is 0. The molecule has 2 fully saturated rings. The summed E-state index contributed by atoms with van der Waals surface area (Å²) in [6, 6.07) is -0.178. The molecule has 1 heterocycles. The summed E-state index contributed by atoms with van der Waals surface area (Å²) in [6.45, 7) is 10.9. The highest BCUT2D eigenvalue weighted by atomic mass is 16.6. The maximum Gasteiger partial charge on any atom is 0.410 e. The summed E-state index contributed by atoms with van der Waals surface area (Å²) >= 11 is 0. The third-order valence-electron chi connectivity index (χ3n) is 4.94. The van der Waals surface area contributed by atoms with Crippen LogP contribution in [0.2, 0.25) is 0 Å². The predicted molar refractivity (Wildman–Crippen MR) is 98.1 cm³/mol. The smallest absolute Gasteiger partial charge is 0.410 e. The molecule has 2 aliphatic rings. The van der Waals surface area contributed by atoms with Crippen molar-refractivity contribution in [3.05, 3.63) is 0 Å². The van der Waals surface area contributed by atoms with Crippen molar-refractivity contribution in [1.29, 1.82) is 0 Å². The molecular weight excluding hydrogens is 318 g/mol. The zero-order valence-corrected chi connectivity index (χ0v) is 16.5. The van der Waals surface area contributed by atoms with Gasteiger partial charge in [-0.05, 0) is 58.8 Å². The van der Waals surface area contributed by atoms with Crippen molar-refractivity contribution in [2.45, 2.75) is 90.4 Å². The standard InChI is InChI=1S/C19H35N3O3/c1-13(2)16(20)17(23)21-11-7-6-8-15(21)12-22(14-9-10-14)18(24)25-19(3,4)5/h13-16H,6-12,20H2,1-5H3. The van der Waals surface area contributed by atoms with E-state index in [1.165, 1.54) is 0 Å². The fraction of sp³-hybridized carbons (Fsp3) is 0.895. The summed E-state index contributed by atoms with van der Waals surface area (Å²) in [6.07, 6.45) is 4.78. The fourth-order valence-electron chi connectivity index (χ4n) is 3.26. The molecule has 2 amide bonds. The molecule has 1 saturated heterocycles. The fourth-order valence-corrected chi connectivity index (χ4v) is 3.26. The molecule has 0 bridgehead atoms. The number of nitrogens with two attached hydrogens (primary N) is 1. The highest BCUT2D eigenvalue weighted by molar-refractivity contribution is 5.82. The normalized spacial score (nSPS) is 22.7. The Hall–Kier alpha value is -1.30. The number of piperidine rings is 1. The van der Waals surface area contributed by atoms with Gasteiger partial charge in [-0.15, -0.1) is 0 Å². The van der Waals surface area contributed by atoms with Crippen LogP contribution >= 0.6 is 0 Å². The van der Waals surface area contributed by atoms with Gasteiger partial charge in [0.25, 0.3) is 0 Å². The number of amides is 2. The Morgan fingerprint density at radius 3 is 2.36 bits per heavy atom. The van der Waals surface area contributed by atoms with Crippen molar-refractivity contribution in [2.75, 3.05) is 13.1 Å². The lowest BCUT2D eigenvalue weighted by molar-refractivity contribution is -0.137. The first kappa shape index (κ1) is 20.0. The van der Waals surface area contributed by atoms with E-state index >= 15 is 0 Å². The van der Waals surface area contributed by atoms with Crippen LogP contribution in [0.25, 0.3) is 0 Å². The summed E-state index contributed by atoms with van der Waals surface area (Å²) in [5.74, 6) is 0.125. The molecule has 1 saturated carbocycles. The van der Waals surface area contributed by atoms with Crippen LogP contribution in [0, 0.1) is 5.92 Å². The Bertz CT molecular complexity index is 483. The molecule has 0 aromatic heterocycles. The zero-order chi connectivity index (χ0) is 18.8. The third-order valence-corrected chi connectivity index (χ3v) is 4.94. The molecular formula is C19H35N3O3. The maximum absolute atomic E-state index is 12.8. The molecule has 1 aliphatic heterocycles. The molecule has 6 nitrogen and oxygen atoms in total. The number of hydrogen-bond acceptors (Lipinski definition) is 4. The van der Waals surface area contributed by atoms with Crippen LogP contribution in [-0.4, -0.2) is 58.6 Å². The van der Waals surface area contributed by atoms with Gasteiger partial charge in [0.2, 0.25) is 5.91 Å². The molecule has 2 unspecified atom stereocenters. The van der Waals surface area contributed by atoms with E-state index in [4.69, 9.17) is 10.5 Å². The van der Waals surface area contributed by atoms with Crippen molar-refractivity contribution >= 4 is 12.0 Å². The topological polar surface area (TPSA) is 75.9 Å². The van der Waals surface area contributed by atoms with E-state index in [2.05, 4.69) is 0 Å². The lowest BCUT2D eigenvalue weighted by Crippen LogP contribution is -2.56. The van der Waals surface area contributed by atoms with Gasteiger partial charge in [-0.1, -0.05) is 13.8 Å². The third kappa shape index (κ3) is 5.59. The Kier molecular flexibility index (Phi) is 6.35. The van der Waals surface area contributed by atoms with Gasteiger partial charge in [0, 0.05) is 25.2 Å². The monoisotopic (exact) mass is 353 g/mol. The number of hydrogen-bond donors (Lipinski definition) is 1. The largest absolute Gasteiger partial charge is 0.444 e. The minimum absolute atomic E-state index is 0.0136. The van der Waals surface area contributed by atoms with Gasteiger partial charge < -0.3 is 20.3 Å². The molecule has 0 aromatic carbocycles. The second-order valence-electron chi connectivity index (χ2n) is 8.81. The number of nitrogens with zero attached hydrogens (tertiary/aromatic N) is 2. The highest BCUT2D eigenvalue weighted by Gasteiger charge is 2.39. The zero-order valence-electron chi connectivity index (χ0n) is 16.5. The lowest BCUT2D eigenvalue weighted by Gasteiger charge is -2.40. The molecule has 1 aliphatic carbocycles. The predicted octanol–water partition coefficient (Wildman–Crippen LogP) is 2.75. The van der Waals surface area contributed by atoms with E-state index in [1.54, 1.807) is 0 Å². The maximum atomic E-state index is 12.8. The quantitative estimate of drug-likeness (QED) is 0.824. The van der Waals surface area contributed by atoms with Gasteiger partial charge >= 0.3 is 6.09 Å². The van der Waals surface area contributed by atoms with Crippen molar-refractivity contribution in [1.82, 2.24) is 9.80 Å². The molecule has 2 atom stereocenters. The molecule has 2 rings (SSSR count). The minimum Gasteiger partial charge on any atom is -0.444 e. The van der Waals surface area contributed by atoms with Crippen molar-refractivity contribution in [3.8, 4) is 0 Å². The lowest BCUT2D eigenvalue weighted by atomic mass is 9.97. The molecule has 2 N–H and O–H groups in total. The van der Waals surface area contributed by atoms with Crippen molar-refractivity contribution in [2.24, 2.45) is 11.7 Å². The first-order valence-electron chi connectivity index (χ1n) is 9.66. The Morgan fingerprint density at radius 2 is 1.84 bits per heavy atom. The molecule has 0 radical (unpaired) electrons.